The van der Waals surface area contributed by atoms with Gasteiger partial charge >= 0.3 is 5.97 Å². The molecule has 7 N–H and O–H groups in total. The van der Waals surface area contributed by atoms with Crippen molar-refractivity contribution >= 4 is 41.4 Å². The Morgan fingerprint density at radius 3 is 2.32 bits per heavy atom. The highest BCUT2D eigenvalue weighted by molar-refractivity contribution is 7.98. The first-order valence-electron chi connectivity index (χ1n) is 10.2. The molecule has 0 aromatic rings. The summed E-state index contributed by atoms with van der Waals surface area (Å²) in [6, 6.07) is -4.02. The Morgan fingerprint density at radius 2 is 1.81 bits per heavy atom. The van der Waals surface area contributed by atoms with Crippen molar-refractivity contribution in [1.82, 2.24) is 15.5 Å². The van der Waals surface area contributed by atoms with Crippen LogP contribution in [-0.2, 0) is 24.0 Å². The highest BCUT2D eigenvalue weighted by Crippen LogP contribution is 2.20. The highest BCUT2D eigenvalue weighted by Gasteiger charge is 2.38. The minimum absolute atomic E-state index is 0.313. The molecule has 1 fully saturated rings. The first-order valence-corrected chi connectivity index (χ1v) is 11.6. The van der Waals surface area contributed by atoms with E-state index < -0.39 is 53.8 Å². The molecule has 0 bridgehead atoms. The second-order valence-corrected chi connectivity index (χ2v) is 8.86. The summed E-state index contributed by atoms with van der Waals surface area (Å²) in [5, 5.41) is 14.6. The van der Waals surface area contributed by atoms with Gasteiger partial charge in [-0.15, -0.1) is 0 Å². The van der Waals surface area contributed by atoms with Crippen molar-refractivity contribution in [3.8, 4) is 0 Å². The molecule has 1 aliphatic rings. The van der Waals surface area contributed by atoms with Gasteiger partial charge in [0.25, 0.3) is 0 Å². The number of aliphatic carboxylic acids is 1. The predicted octanol–water partition coefficient (Wildman–Crippen LogP) is -1.36. The van der Waals surface area contributed by atoms with E-state index in [1.54, 1.807) is 13.8 Å². The molecule has 0 aliphatic carbocycles. The van der Waals surface area contributed by atoms with Crippen LogP contribution in [0.1, 0.15) is 39.5 Å². The first-order chi connectivity index (χ1) is 14.5. The number of thioether (sulfide) groups is 1. The van der Waals surface area contributed by atoms with Crippen LogP contribution in [0.25, 0.3) is 0 Å². The third-order valence-corrected chi connectivity index (χ3v) is 5.69. The molecule has 0 saturated carbocycles. The maximum Gasteiger partial charge on any atom is 0.326 e. The minimum atomic E-state index is -1.19. The van der Waals surface area contributed by atoms with Gasteiger partial charge in [0, 0.05) is 6.54 Å². The zero-order valence-electron chi connectivity index (χ0n) is 18.1. The fourth-order valence-electron chi connectivity index (χ4n) is 3.35. The molecule has 11 nitrogen and oxygen atoms in total. The summed E-state index contributed by atoms with van der Waals surface area (Å²) in [6.07, 6.45) is 2.75. The van der Waals surface area contributed by atoms with Crippen molar-refractivity contribution in [2.24, 2.45) is 17.4 Å². The molecule has 1 aliphatic heterocycles. The standard InChI is InChI=1S/C19H33N5O6S/c1-10(2)15(23-16(26)11(20)9-14(21)25)17(27)22-12(6-8-31-3)18(28)24-7-4-5-13(24)19(29)30/h10-13,15H,4-9,20H2,1-3H3,(H2,21,25)(H,22,27)(H,23,26)(H,29,30). The lowest BCUT2D eigenvalue weighted by molar-refractivity contribution is -0.149. The minimum Gasteiger partial charge on any atom is -0.480 e. The molecule has 31 heavy (non-hydrogen) atoms. The normalized spacial score (nSPS) is 18.9. The molecule has 176 valence electrons. The smallest absolute Gasteiger partial charge is 0.326 e. The number of amides is 4. The molecule has 0 radical (unpaired) electrons. The van der Waals surface area contributed by atoms with Gasteiger partial charge in [0.1, 0.15) is 18.1 Å². The molecular formula is C19H33N5O6S. The molecular weight excluding hydrogens is 426 g/mol. The maximum absolute atomic E-state index is 13.0. The van der Waals surface area contributed by atoms with Gasteiger partial charge in [-0.1, -0.05) is 13.8 Å². The van der Waals surface area contributed by atoms with E-state index in [1.807, 2.05) is 6.26 Å². The van der Waals surface area contributed by atoms with Gasteiger partial charge < -0.3 is 32.1 Å². The molecule has 12 heteroatoms. The van der Waals surface area contributed by atoms with Crippen molar-refractivity contribution in [1.29, 1.82) is 0 Å². The molecule has 1 saturated heterocycles. The molecule has 0 aromatic heterocycles. The third-order valence-electron chi connectivity index (χ3n) is 5.05. The van der Waals surface area contributed by atoms with Gasteiger partial charge in [-0.05, 0) is 37.2 Å². The molecule has 4 amide bonds. The number of likely N-dealkylation sites (tertiary alicyclic amines) is 1. The van der Waals surface area contributed by atoms with E-state index in [0.717, 1.165) is 0 Å². The molecule has 0 spiro atoms. The van der Waals surface area contributed by atoms with Crippen LogP contribution >= 0.6 is 11.8 Å². The largest absolute Gasteiger partial charge is 0.480 e. The van der Waals surface area contributed by atoms with Crippen LogP contribution in [0, 0.1) is 5.92 Å². The maximum atomic E-state index is 13.0. The van der Waals surface area contributed by atoms with E-state index in [2.05, 4.69) is 10.6 Å². The zero-order chi connectivity index (χ0) is 23.7. The molecule has 1 heterocycles. The lowest BCUT2D eigenvalue weighted by Crippen LogP contribution is -2.58. The van der Waals surface area contributed by atoms with E-state index in [-0.39, 0.29) is 12.3 Å². The molecule has 4 atom stereocenters. The Kier molecular flexibility index (Phi) is 10.8. The van der Waals surface area contributed by atoms with Crippen LogP contribution < -0.4 is 22.1 Å². The average Bonchev–Trinajstić information content (AvgIpc) is 3.17. The van der Waals surface area contributed by atoms with E-state index in [1.165, 1.54) is 16.7 Å². The average molecular weight is 460 g/mol. The fraction of sp³-hybridized carbons (Fsp3) is 0.737. The summed E-state index contributed by atoms with van der Waals surface area (Å²) in [6.45, 7) is 3.74. The Labute approximate surface area is 186 Å². The SMILES string of the molecule is CSCCC(NC(=O)C(NC(=O)C(N)CC(N)=O)C(C)C)C(=O)N1CCCC1C(=O)O. The molecule has 4 unspecified atom stereocenters. The topological polar surface area (TPSA) is 185 Å². The van der Waals surface area contributed by atoms with E-state index >= 15 is 0 Å². The number of carbonyl (C=O) groups excluding carboxylic acids is 4. The fourth-order valence-corrected chi connectivity index (χ4v) is 3.82. The van der Waals surface area contributed by atoms with Crippen molar-refractivity contribution in [3.05, 3.63) is 0 Å². The summed E-state index contributed by atoms with van der Waals surface area (Å²) in [5.41, 5.74) is 10.7. The lowest BCUT2D eigenvalue weighted by Gasteiger charge is -2.29. The number of rotatable bonds is 12. The summed E-state index contributed by atoms with van der Waals surface area (Å²) < 4.78 is 0. The van der Waals surface area contributed by atoms with Crippen LogP contribution in [-0.4, -0.2) is 82.3 Å². The predicted molar refractivity (Wildman–Crippen MR) is 116 cm³/mol. The Hall–Kier alpha value is -2.34. The van der Waals surface area contributed by atoms with Crippen LogP contribution in [0.5, 0.6) is 0 Å². The van der Waals surface area contributed by atoms with E-state index in [0.29, 0.717) is 31.6 Å². The number of carbonyl (C=O) groups is 5. The Bertz CT molecular complexity index is 689. The zero-order valence-corrected chi connectivity index (χ0v) is 18.9. The highest BCUT2D eigenvalue weighted by atomic mass is 32.2. The summed E-state index contributed by atoms with van der Waals surface area (Å²) >= 11 is 1.49. The Balaban J connectivity index is 2.93. The summed E-state index contributed by atoms with van der Waals surface area (Å²) in [7, 11) is 0. The summed E-state index contributed by atoms with van der Waals surface area (Å²) in [5.74, 6) is -3.31. The lowest BCUT2D eigenvalue weighted by atomic mass is 10.0. The van der Waals surface area contributed by atoms with Crippen molar-refractivity contribution in [2.75, 3.05) is 18.6 Å². The monoisotopic (exact) mass is 459 g/mol. The van der Waals surface area contributed by atoms with E-state index in [9.17, 15) is 29.1 Å². The number of hydrogen-bond acceptors (Lipinski definition) is 7. The van der Waals surface area contributed by atoms with E-state index in [4.69, 9.17) is 11.5 Å². The van der Waals surface area contributed by atoms with Crippen molar-refractivity contribution in [2.45, 2.75) is 63.7 Å². The molecule has 0 aromatic carbocycles. The van der Waals surface area contributed by atoms with Crippen LogP contribution in [0.15, 0.2) is 0 Å². The van der Waals surface area contributed by atoms with Gasteiger partial charge in [-0.25, -0.2) is 4.79 Å². The van der Waals surface area contributed by atoms with Gasteiger partial charge in [-0.3, -0.25) is 19.2 Å². The number of nitrogens with one attached hydrogen (secondary N) is 2. The summed E-state index contributed by atoms with van der Waals surface area (Å²) in [4.78, 5) is 61.9. The van der Waals surface area contributed by atoms with Crippen molar-refractivity contribution in [3.63, 3.8) is 0 Å². The first kappa shape index (κ1) is 26.7. The Morgan fingerprint density at radius 1 is 1.16 bits per heavy atom. The van der Waals surface area contributed by atoms with Gasteiger partial charge in [0.15, 0.2) is 0 Å². The second-order valence-electron chi connectivity index (χ2n) is 7.88. The van der Waals surface area contributed by atoms with Crippen molar-refractivity contribution < 1.29 is 29.1 Å². The second kappa shape index (κ2) is 12.5. The van der Waals surface area contributed by atoms with Gasteiger partial charge in [0.05, 0.1) is 12.5 Å². The van der Waals surface area contributed by atoms with Crippen LogP contribution in [0.4, 0.5) is 0 Å². The number of primary amides is 1. The number of carboxylic acid groups (broad SMARTS) is 1. The third kappa shape index (κ3) is 8.02. The number of nitrogens with two attached hydrogens (primary N) is 2. The van der Waals surface area contributed by atoms with Gasteiger partial charge in [-0.2, -0.15) is 11.8 Å². The number of carboxylic acids is 1. The van der Waals surface area contributed by atoms with Crippen LogP contribution in [0.2, 0.25) is 0 Å². The number of hydrogen-bond donors (Lipinski definition) is 5. The quantitative estimate of drug-likeness (QED) is 0.237. The van der Waals surface area contributed by atoms with Crippen LogP contribution in [0.3, 0.4) is 0 Å². The van der Waals surface area contributed by atoms with Gasteiger partial charge in [0.2, 0.25) is 23.6 Å². The number of nitrogens with zero attached hydrogens (tertiary/aromatic N) is 1. The molecule has 1 rings (SSSR count).